The van der Waals surface area contributed by atoms with Gasteiger partial charge in [0.25, 0.3) is 5.91 Å². The summed E-state index contributed by atoms with van der Waals surface area (Å²) in [7, 11) is 0. The number of rotatable bonds is 2. The van der Waals surface area contributed by atoms with Crippen molar-refractivity contribution in [2.24, 2.45) is 0 Å². The van der Waals surface area contributed by atoms with Gasteiger partial charge in [-0.15, -0.1) is 0 Å². The molecule has 5 heteroatoms. The highest BCUT2D eigenvalue weighted by Gasteiger charge is 2.12. The van der Waals surface area contributed by atoms with Gasteiger partial charge in [-0.25, -0.2) is 4.39 Å². The molecule has 98 valence electrons. The lowest BCUT2D eigenvalue weighted by atomic mass is 10.1. The monoisotopic (exact) mass is 322 g/mol. The SMILES string of the molecule is Cc1cc(NC(=O)c2cccc(F)c2N)ccc1Br. The van der Waals surface area contributed by atoms with Gasteiger partial charge in [0, 0.05) is 10.2 Å². The third-order valence-corrected chi connectivity index (χ3v) is 3.60. The summed E-state index contributed by atoms with van der Waals surface area (Å²) in [4.78, 5) is 12.0. The summed E-state index contributed by atoms with van der Waals surface area (Å²) in [5.41, 5.74) is 7.15. The van der Waals surface area contributed by atoms with Crippen molar-refractivity contribution in [3.8, 4) is 0 Å². The third kappa shape index (κ3) is 2.93. The maximum Gasteiger partial charge on any atom is 0.257 e. The molecule has 0 radical (unpaired) electrons. The molecule has 2 aromatic rings. The molecule has 0 heterocycles. The molecule has 0 saturated heterocycles. The van der Waals surface area contributed by atoms with E-state index < -0.39 is 11.7 Å². The van der Waals surface area contributed by atoms with Gasteiger partial charge in [-0.2, -0.15) is 0 Å². The summed E-state index contributed by atoms with van der Waals surface area (Å²) < 4.78 is 14.2. The minimum atomic E-state index is -0.598. The number of anilines is 2. The van der Waals surface area contributed by atoms with Crippen LogP contribution in [0, 0.1) is 12.7 Å². The Morgan fingerprint density at radius 1 is 1.32 bits per heavy atom. The van der Waals surface area contributed by atoms with Crippen molar-refractivity contribution in [2.75, 3.05) is 11.1 Å². The van der Waals surface area contributed by atoms with E-state index >= 15 is 0 Å². The molecule has 0 fully saturated rings. The first-order valence-corrected chi connectivity index (χ1v) is 6.40. The summed E-state index contributed by atoms with van der Waals surface area (Å²) >= 11 is 3.38. The molecule has 3 nitrogen and oxygen atoms in total. The van der Waals surface area contributed by atoms with Crippen molar-refractivity contribution in [2.45, 2.75) is 6.92 Å². The van der Waals surface area contributed by atoms with E-state index in [1.54, 1.807) is 6.07 Å². The molecule has 0 bridgehead atoms. The van der Waals surface area contributed by atoms with E-state index in [9.17, 15) is 9.18 Å². The minimum absolute atomic E-state index is 0.126. The summed E-state index contributed by atoms with van der Waals surface area (Å²) in [5.74, 6) is -1.03. The van der Waals surface area contributed by atoms with Crippen LogP contribution in [0.2, 0.25) is 0 Å². The molecule has 2 aromatic carbocycles. The van der Waals surface area contributed by atoms with E-state index in [-0.39, 0.29) is 11.3 Å². The summed E-state index contributed by atoms with van der Waals surface area (Å²) in [6.45, 7) is 1.91. The van der Waals surface area contributed by atoms with Gasteiger partial charge in [-0.3, -0.25) is 4.79 Å². The molecule has 1 amide bonds. The number of nitrogens with one attached hydrogen (secondary N) is 1. The minimum Gasteiger partial charge on any atom is -0.396 e. The van der Waals surface area contributed by atoms with E-state index in [0.717, 1.165) is 10.0 Å². The lowest BCUT2D eigenvalue weighted by molar-refractivity contribution is 0.102. The quantitative estimate of drug-likeness (QED) is 0.828. The van der Waals surface area contributed by atoms with Crippen molar-refractivity contribution >= 4 is 33.2 Å². The molecule has 0 aliphatic carbocycles. The zero-order valence-electron chi connectivity index (χ0n) is 10.2. The second-order valence-corrected chi connectivity index (χ2v) is 4.97. The molecule has 0 aliphatic heterocycles. The average Bonchev–Trinajstić information content (AvgIpc) is 2.37. The molecule has 0 atom stereocenters. The summed E-state index contributed by atoms with van der Waals surface area (Å²) in [6, 6.07) is 9.56. The Morgan fingerprint density at radius 2 is 2.05 bits per heavy atom. The fourth-order valence-corrected chi connectivity index (χ4v) is 1.90. The van der Waals surface area contributed by atoms with Crippen LogP contribution in [-0.2, 0) is 0 Å². The lowest BCUT2D eigenvalue weighted by Crippen LogP contribution is -2.14. The maximum atomic E-state index is 13.3. The van der Waals surface area contributed by atoms with Crippen LogP contribution < -0.4 is 11.1 Å². The molecule has 0 unspecified atom stereocenters. The van der Waals surface area contributed by atoms with Gasteiger partial charge in [0.05, 0.1) is 11.3 Å². The zero-order valence-corrected chi connectivity index (χ0v) is 11.8. The largest absolute Gasteiger partial charge is 0.396 e. The van der Waals surface area contributed by atoms with Gasteiger partial charge < -0.3 is 11.1 Å². The molecule has 2 rings (SSSR count). The molecule has 0 saturated carbocycles. The first-order valence-electron chi connectivity index (χ1n) is 5.60. The lowest BCUT2D eigenvalue weighted by Gasteiger charge is -2.09. The highest BCUT2D eigenvalue weighted by molar-refractivity contribution is 9.10. The number of hydrogen-bond donors (Lipinski definition) is 2. The van der Waals surface area contributed by atoms with E-state index in [1.165, 1.54) is 18.2 Å². The number of hydrogen-bond acceptors (Lipinski definition) is 2. The Hall–Kier alpha value is -1.88. The zero-order chi connectivity index (χ0) is 14.0. The third-order valence-electron chi connectivity index (χ3n) is 2.71. The van der Waals surface area contributed by atoms with Crippen molar-refractivity contribution in [1.29, 1.82) is 0 Å². The normalized spacial score (nSPS) is 10.3. The predicted octanol–water partition coefficient (Wildman–Crippen LogP) is 3.73. The number of benzene rings is 2. The van der Waals surface area contributed by atoms with Crippen LogP contribution in [-0.4, -0.2) is 5.91 Å². The fraction of sp³-hybridized carbons (Fsp3) is 0.0714. The van der Waals surface area contributed by atoms with E-state index in [0.29, 0.717) is 5.69 Å². The smallest absolute Gasteiger partial charge is 0.257 e. The van der Waals surface area contributed by atoms with E-state index in [1.807, 2.05) is 19.1 Å². The van der Waals surface area contributed by atoms with Crippen molar-refractivity contribution in [1.82, 2.24) is 0 Å². The second kappa shape index (κ2) is 5.40. The first kappa shape index (κ1) is 13.5. The van der Waals surface area contributed by atoms with Gasteiger partial charge in [0.1, 0.15) is 5.82 Å². The van der Waals surface area contributed by atoms with Crippen LogP contribution in [0.5, 0.6) is 0 Å². The van der Waals surface area contributed by atoms with Gasteiger partial charge in [0.2, 0.25) is 0 Å². The predicted molar refractivity (Wildman–Crippen MR) is 77.6 cm³/mol. The van der Waals surface area contributed by atoms with E-state index in [4.69, 9.17) is 5.73 Å². The Labute approximate surface area is 118 Å². The van der Waals surface area contributed by atoms with Crippen LogP contribution in [0.1, 0.15) is 15.9 Å². The number of amides is 1. The molecular formula is C14H12BrFN2O. The Morgan fingerprint density at radius 3 is 2.74 bits per heavy atom. The van der Waals surface area contributed by atoms with Crippen LogP contribution in [0.3, 0.4) is 0 Å². The van der Waals surface area contributed by atoms with Crippen molar-refractivity contribution < 1.29 is 9.18 Å². The maximum absolute atomic E-state index is 13.3. The molecule has 3 N–H and O–H groups in total. The number of para-hydroxylation sites is 1. The number of nitrogens with two attached hydrogens (primary N) is 1. The Balaban J connectivity index is 2.26. The van der Waals surface area contributed by atoms with E-state index in [2.05, 4.69) is 21.2 Å². The number of halogens is 2. The van der Waals surface area contributed by atoms with Crippen LogP contribution in [0.4, 0.5) is 15.8 Å². The van der Waals surface area contributed by atoms with Crippen LogP contribution in [0.25, 0.3) is 0 Å². The number of nitrogen functional groups attached to an aromatic ring is 1. The Kier molecular flexibility index (Phi) is 3.85. The number of carbonyl (C=O) groups excluding carboxylic acids is 1. The highest BCUT2D eigenvalue weighted by atomic mass is 79.9. The van der Waals surface area contributed by atoms with Crippen molar-refractivity contribution in [3.63, 3.8) is 0 Å². The second-order valence-electron chi connectivity index (χ2n) is 4.12. The van der Waals surface area contributed by atoms with Gasteiger partial charge in [-0.05, 0) is 42.8 Å². The molecule has 0 aliphatic rings. The average molecular weight is 323 g/mol. The molecule has 0 aromatic heterocycles. The summed E-state index contributed by atoms with van der Waals surface area (Å²) in [6.07, 6.45) is 0. The molecular weight excluding hydrogens is 311 g/mol. The highest BCUT2D eigenvalue weighted by Crippen LogP contribution is 2.22. The standard InChI is InChI=1S/C14H12BrFN2O/c1-8-7-9(5-6-11(8)15)18-14(19)10-3-2-4-12(16)13(10)17/h2-7H,17H2,1H3,(H,18,19). The molecule has 0 spiro atoms. The summed E-state index contributed by atoms with van der Waals surface area (Å²) in [5, 5.41) is 2.69. The van der Waals surface area contributed by atoms with Crippen LogP contribution >= 0.6 is 15.9 Å². The topological polar surface area (TPSA) is 55.1 Å². The molecule has 19 heavy (non-hydrogen) atoms. The van der Waals surface area contributed by atoms with Gasteiger partial charge >= 0.3 is 0 Å². The fourth-order valence-electron chi connectivity index (χ4n) is 1.66. The van der Waals surface area contributed by atoms with Crippen LogP contribution in [0.15, 0.2) is 40.9 Å². The van der Waals surface area contributed by atoms with Gasteiger partial charge in [-0.1, -0.05) is 22.0 Å². The Bertz CT molecular complexity index is 643. The first-order chi connectivity index (χ1) is 8.99. The van der Waals surface area contributed by atoms with Crippen molar-refractivity contribution in [3.05, 3.63) is 57.8 Å². The number of carbonyl (C=O) groups is 1. The number of aryl methyl sites for hydroxylation is 1. The van der Waals surface area contributed by atoms with Gasteiger partial charge in [0.15, 0.2) is 0 Å².